The first-order chi connectivity index (χ1) is 8.20. The summed E-state index contributed by atoms with van der Waals surface area (Å²) in [5.74, 6) is 5.62. The molecule has 5 heteroatoms. The van der Waals surface area contributed by atoms with Gasteiger partial charge >= 0.3 is 0 Å². The number of halogens is 2. The van der Waals surface area contributed by atoms with Gasteiger partial charge in [-0.15, -0.1) is 11.3 Å². The first-order valence-corrected chi connectivity index (χ1v) is 7.19. The molecule has 0 saturated heterocycles. The summed E-state index contributed by atoms with van der Waals surface area (Å²) in [5, 5.41) is 2.80. The third-order valence-electron chi connectivity index (χ3n) is 2.49. The van der Waals surface area contributed by atoms with E-state index in [9.17, 15) is 0 Å². The van der Waals surface area contributed by atoms with Crippen molar-refractivity contribution >= 4 is 38.9 Å². The van der Waals surface area contributed by atoms with E-state index < -0.39 is 0 Å². The van der Waals surface area contributed by atoms with Gasteiger partial charge in [-0.25, -0.2) is 0 Å². The Balaban J connectivity index is 2.19. The molecular weight excluding hydrogens is 320 g/mol. The minimum Gasteiger partial charge on any atom is -0.271 e. The molecule has 2 rings (SSSR count). The zero-order valence-corrected chi connectivity index (χ0v) is 12.1. The van der Waals surface area contributed by atoms with Crippen LogP contribution in [0.2, 0.25) is 5.02 Å². The summed E-state index contributed by atoms with van der Waals surface area (Å²) in [4.78, 5) is 1.20. The second-order valence-electron chi connectivity index (χ2n) is 3.69. The monoisotopic (exact) mass is 330 g/mol. The third-order valence-corrected chi connectivity index (χ3v) is 4.71. The molecule has 0 fully saturated rings. The van der Waals surface area contributed by atoms with Crippen molar-refractivity contribution in [1.29, 1.82) is 0 Å². The third kappa shape index (κ3) is 3.30. The molecular formula is C12H12BrClN2S. The lowest BCUT2D eigenvalue weighted by atomic mass is 10.1. The van der Waals surface area contributed by atoms with Gasteiger partial charge < -0.3 is 0 Å². The van der Waals surface area contributed by atoms with E-state index in [-0.39, 0.29) is 6.04 Å². The van der Waals surface area contributed by atoms with Crippen LogP contribution < -0.4 is 11.3 Å². The van der Waals surface area contributed by atoms with Crippen LogP contribution in [0.3, 0.4) is 0 Å². The molecule has 1 atom stereocenters. The minimum absolute atomic E-state index is 0.0999. The molecule has 0 bridgehead atoms. The summed E-state index contributed by atoms with van der Waals surface area (Å²) >= 11 is 11.2. The molecule has 1 heterocycles. The molecule has 2 nitrogen and oxygen atoms in total. The Morgan fingerprint density at radius 2 is 2.24 bits per heavy atom. The van der Waals surface area contributed by atoms with Crippen molar-refractivity contribution in [3.05, 3.63) is 55.6 Å². The van der Waals surface area contributed by atoms with Gasteiger partial charge in [0.05, 0.1) is 6.04 Å². The fourth-order valence-electron chi connectivity index (χ4n) is 1.68. The Labute approximate surface area is 118 Å². The molecule has 90 valence electrons. The van der Waals surface area contributed by atoms with Crippen molar-refractivity contribution in [3.63, 3.8) is 0 Å². The maximum atomic E-state index is 5.97. The molecule has 0 spiro atoms. The fourth-order valence-corrected chi connectivity index (χ4v) is 3.60. The van der Waals surface area contributed by atoms with Crippen molar-refractivity contribution in [1.82, 2.24) is 5.43 Å². The predicted molar refractivity (Wildman–Crippen MR) is 77.2 cm³/mol. The van der Waals surface area contributed by atoms with Gasteiger partial charge in [-0.2, -0.15) is 0 Å². The van der Waals surface area contributed by atoms with E-state index in [2.05, 4.69) is 27.4 Å². The smallest absolute Gasteiger partial charge is 0.0604 e. The number of nitrogens with one attached hydrogen (secondary N) is 1. The minimum atomic E-state index is 0.0999. The number of hydrogen-bond acceptors (Lipinski definition) is 3. The van der Waals surface area contributed by atoms with Gasteiger partial charge in [-0.3, -0.25) is 11.3 Å². The Kier molecular flexibility index (Phi) is 4.59. The summed E-state index contributed by atoms with van der Waals surface area (Å²) in [6.45, 7) is 0. The van der Waals surface area contributed by atoms with Gasteiger partial charge in [0, 0.05) is 14.4 Å². The second kappa shape index (κ2) is 5.98. The van der Waals surface area contributed by atoms with E-state index in [4.69, 9.17) is 17.4 Å². The maximum absolute atomic E-state index is 5.97. The largest absolute Gasteiger partial charge is 0.271 e. The fraction of sp³-hybridized carbons (Fsp3) is 0.167. The average molecular weight is 332 g/mol. The summed E-state index contributed by atoms with van der Waals surface area (Å²) in [6, 6.07) is 9.97. The molecule has 0 radical (unpaired) electrons. The molecule has 17 heavy (non-hydrogen) atoms. The Hall–Kier alpha value is -0.390. The van der Waals surface area contributed by atoms with Crippen molar-refractivity contribution in [3.8, 4) is 0 Å². The maximum Gasteiger partial charge on any atom is 0.0604 e. The lowest BCUT2D eigenvalue weighted by Crippen LogP contribution is -2.29. The zero-order valence-electron chi connectivity index (χ0n) is 8.99. The lowest BCUT2D eigenvalue weighted by Gasteiger charge is -2.15. The highest BCUT2D eigenvalue weighted by molar-refractivity contribution is 9.10. The van der Waals surface area contributed by atoms with E-state index in [0.29, 0.717) is 0 Å². The van der Waals surface area contributed by atoms with Crippen LogP contribution in [0.15, 0.2) is 40.2 Å². The molecule has 0 aliphatic heterocycles. The second-order valence-corrected chi connectivity index (χ2v) is 5.92. The van der Waals surface area contributed by atoms with E-state index in [1.54, 1.807) is 11.3 Å². The number of hydrazine groups is 1. The predicted octanol–water partition coefficient (Wildman–Crippen LogP) is 3.91. The topological polar surface area (TPSA) is 38.0 Å². The van der Waals surface area contributed by atoms with Crippen LogP contribution in [0, 0.1) is 0 Å². The number of nitrogens with two attached hydrogens (primary N) is 1. The first kappa shape index (κ1) is 13.1. The highest BCUT2D eigenvalue weighted by Crippen LogP contribution is 2.30. The Morgan fingerprint density at radius 3 is 2.82 bits per heavy atom. The van der Waals surface area contributed by atoms with Crippen LogP contribution in [0.4, 0.5) is 0 Å². The number of hydrogen-bond donors (Lipinski definition) is 2. The van der Waals surface area contributed by atoms with Crippen LogP contribution in [-0.2, 0) is 6.42 Å². The SMILES string of the molecule is NNC(Cc1cccc(Cl)c1)c1sccc1Br. The molecule has 1 aromatic carbocycles. The van der Waals surface area contributed by atoms with Gasteiger partial charge in [0.25, 0.3) is 0 Å². The number of benzene rings is 1. The molecule has 1 aromatic heterocycles. The molecule has 0 amide bonds. The van der Waals surface area contributed by atoms with Crippen LogP contribution >= 0.6 is 38.9 Å². The first-order valence-electron chi connectivity index (χ1n) is 5.14. The molecule has 0 aliphatic rings. The van der Waals surface area contributed by atoms with Gasteiger partial charge in [-0.1, -0.05) is 23.7 Å². The van der Waals surface area contributed by atoms with Crippen molar-refractivity contribution in [2.45, 2.75) is 12.5 Å². The van der Waals surface area contributed by atoms with Gasteiger partial charge in [0.2, 0.25) is 0 Å². The van der Waals surface area contributed by atoms with E-state index in [0.717, 1.165) is 15.9 Å². The van der Waals surface area contributed by atoms with Crippen LogP contribution in [0.1, 0.15) is 16.5 Å². The summed E-state index contributed by atoms with van der Waals surface area (Å²) < 4.78 is 1.09. The highest BCUT2D eigenvalue weighted by Gasteiger charge is 2.15. The summed E-state index contributed by atoms with van der Waals surface area (Å²) in [6.07, 6.45) is 0.816. The van der Waals surface area contributed by atoms with Crippen LogP contribution in [0.5, 0.6) is 0 Å². The quantitative estimate of drug-likeness (QED) is 0.658. The number of rotatable bonds is 4. The van der Waals surface area contributed by atoms with Gasteiger partial charge in [-0.05, 0) is 51.5 Å². The molecule has 1 unspecified atom stereocenters. The van der Waals surface area contributed by atoms with E-state index >= 15 is 0 Å². The number of thiophene rings is 1. The van der Waals surface area contributed by atoms with E-state index in [1.165, 1.54) is 10.4 Å². The average Bonchev–Trinajstić information content (AvgIpc) is 2.72. The molecule has 0 aliphatic carbocycles. The van der Waals surface area contributed by atoms with Gasteiger partial charge in [0.1, 0.15) is 0 Å². The van der Waals surface area contributed by atoms with Crippen molar-refractivity contribution in [2.75, 3.05) is 0 Å². The normalized spacial score (nSPS) is 12.6. The molecule has 2 aromatic rings. The Bertz CT molecular complexity index is 501. The molecule has 3 N–H and O–H groups in total. The van der Waals surface area contributed by atoms with Crippen LogP contribution in [0.25, 0.3) is 0 Å². The van der Waals surface area contributed by atoms with Crippen molar-refractivity contribution < 1.29 is 0 Å². The summed E-state index contributed by atoms with van der Waals surface area (Å²) in [5.41, 5.74) is 4.02. The molecule has 0 saturated carbocycles. The highest BCUT2D eigenvalue weighted by atomic mass is 79.9. The lowest BCUT2D eigenvalue weighted by molar-refractivity contribution is 0.559. The standard InChI is InChI=1S/C12H12BrClN2S/c13-10-4-5-17-12(10)11(16-15)7-8-2-1-3-9(14)6-8/h1-6,11,16H,7,15H2. The Morgan fingerprint density at radius 1 is 1.41 bits per heavy atom. The van der Waals surface area contributed by atoms with E-state index in [1.807, 2.05) is 29.6 Å². The summed E-state index contributed by atoms with van der Waals surface area (Å²) in [7, 11) is 0. The van der Waals surface area contributed by atoms with Gasteiger partial charge in [0.15, 0.2) is 0 Å². The van der Waals surface area contributed by atoms with Crippen molar-refractivity contribution in [2.24, 2.45) is 5.84 Å². The zero-order chi connectivity index (χ0) is 12.3. The van der Waals surface area contributed by atoms with Crippen LogP contribution in [-0.4, -0.2) is 0 Å².